The summed E-state index contributed by atoms with van der Waals surface area (Å²) < 4.78 is 13.8. The zero-order valence-corrected chi connectivity index (χ0v) is 18.2. The molecule has 2 aliphatic carbocycles. The number of urea groups is 1. The highest BCUT2D eigenvalue weighted by Crippen LogP contribution is 2.65. The zero-order chi connectivity index (χ0) is 20.8. The summed E-state index contributed by atoms with van der Waals surface area (Å²) in [4.78, 5) is 13.1. The van der Waals surface area contributed by atoms with Crippen LogP contribution in [0.4, 0.5) is 9.18 Å². The average Bonchev–Trinajstić information content (AvgIpc) is 3.26. The van der Waals surface area contributed by atoms with Gasteiger partial charge in [0.25, 0.3) is 0 Å². The molecule has 2 bridgehead atoms. The number of carbonyl (C=O) groups excluding carboxylic acids is 1. The summed E-state index contributed by atoms with van der Waals surface area (Å²) in [5, 5.41) is 9.59. The molecule has 1 aromatic rings. The van der Waals surface area contributed by atoms with E-state index < -0.39 is 0 Å². The molecule has 2 saturated carbocycles. The third-order valence-electron chi connectivity index (χ3n) is 8.37. The number of nitrogens with one attached hydrogen (secondary N) is 1. The Morgan fingerprint density at radius 3 is 2.76 bits per heavy atom. The van der Waals surface area contributed by atoms with Crippen LogP contribution in [0, 0.1) is 22.6 Å². The molecule has 1 heterocycles. The van der Waals surface area contributed by atoms with Crippen LogP contribution in [0.15, 0.2) is 29.4 Å². The standard InChI is InChI=1S/C24H34FN3O/c1-5-6-10-20-19(16-8-7-9-18(25)13-16)15-28(27-20)22(29)26-21-14-17-11-12-24(21,4)23(17,2)3/h7-9,13,17,19,21H,5-6,10-12,14-15H2,1-4H3,(H,26,29)/t17-,19+,21-,24-/m0/s1. The molecule has 0 unspecified atom stereocenters. The Bertz CT molecular complexity index is 820. The van der Waals surface area contributed by atoms with Crippen LogP contribution in [0.2, 0.25) is 0 Å². The fourth-order valence-electron chi connectivity index (χ4n) is 5.92. The number of halogens is 1. The number of hydrazone groups is 1. The van der Waals surface area contributed by atoms with Crippen molar-refractivity contribution in [3.63, 3.8) is 0 Å². The Hall–Kier alpha value is -1.91. The number of amides is 2. The minimum Gasteiger partial charge on any atom is -0.333 e. The topological polar surface area (TPSA) is 44.7 Å². The van der Waals surface area contributed by atoms with Crippen LogP contribution < -0.4 is 5.32 Å². The predicted molar refractivity (Wildman–Crippen MR) is 114 cm³/mol. The second-order valence-corrected chi connectivity index (χ2v) is 10.00. The van der Waals surface area contributed by atoms with Crippen LogP contribution in [0.25, 0.3) is 0 Å². The van der Waals surface area contributed by atoms with Gasteiger partial charge >= 0.3 is 6.03 Å². The lowest BCUT2D eigenvalue weighted by molar-refractivity contribution is 0.118. The number of hydrogen-bond donors (Lipinski definition) is 1. The summed E-state index contributed by atoms with van der Waals surface area (Å²) in [6, 6.07) is 6.81. The number of hydrogen-bond acceptors (Lipinski definition) is 2. The number of nitrogens with zero attached hydrogens (tertiary/aromatic N) is 2. The molecule has 4 nitrogen and oxygen atoms in total. The van der Waals surface area contributed by atoms with E-state index in [-0.39, 0.29) is 34.6 Å². The van der Waals surface area contributed by atoms with Gasteiger partial charge in [0.05, 0.1) is 6.54 Å². The van der Waals surface area contributed by atoms with Crippen LogP contribution in [0.5, 0.6) is 0 Å². The van der Waals surface area contributed by atoms with E-state index in [1.165, 1.54) is 18.9 Å². The lowest BCUT2D eigenvalue weighted by atomic mass is 9.69. The van der Waals surface area contributed by atoms with Crippen LogP contribution in [-0.2, 0) is 0 Å². The molecule has 4 rings (SSSR count). The van der Waals surface area contributed by atoms with Gasteiger partial charge in [0.15, 0.2) is 0 Å². The van der Waals surface area contributed by atoms with Crippen LogP contribution >= 0.6 is 0 Å². The zero-order valence-electron chi connectivity index (χ0n) is 18.2. The quantitative estimate of drug-likeness (QED) is 0.679. The minimum absolute atomic E-state index is 0.0185. The van der Waals surface area contributed by atoms with Gasteiger partial charge in [-0.05, 0) is 66.5 Å². The van der Waals surface area contributed by atoms with Crippen molar-refractivity contribution in [1.29, 1.82) is 0 Å². The van der Waals surface area contributed by atoms with Gasteiger partial charge < -0.3 is 5.32 Å². The number of rotatable bonds is 5. The SMILES string of the molecule is CCCCC1=NN(C(=O)N[C@H]2C[C@@H]3CC[C@]2(C)C3(C)C)C[C@@H]1c1cccc(F)c1. The Labute approximate surface area is 173 Å². The van der Waals surface area contributed by atoms with E-state index in [9.17, 15) is 9.18 Å². The molecular formula is C24H34FN3O. The van der Waals surface area contributed by atoms with Gasteiger partial charge in [0.2, 0.25) is 0 Å². The summed E-state index contributed by atoms with van der Waals surface area (Å²) in [5.41, 5.74) is 2.30. The maximum atomic E-state index is 13.8. The van der Waals surface area contributed by atoms with Gasteiger partial charge in [-0.3, -0.25) is 0 Å². The average molecular weight is 400 g/mol. The number of benzene rings is 1. The first kappa shape index (κ1) is 20.4. The summed E-state index contributed by atoms with van der Waals surface area (Å²) in [6.45, 7) is 9.68. The van der Waals surface area contributed by atoms with Crippen molar-refractivity contribution in [2.24, 2.45) is 21.8 Å². The van der Waals surface area contributed by atoms with Crippen molar-refractivity contribution in [3.05, 3.63) is 35.6 Å². The molecule has 4 atom stereocenters. The molecule has 0 aromatic heterocycles. The Kier molecular flexibility index (Phi) is 5.20. The summed E-state index contributed by atoms with van der Waals surface area (Å²) in [5.74, 6) is 0.424. The summed E-state index contributed by atoms with van der Waals surface area (Å²) in [7, 11) is 0. The lowest BCUT2D eigenvalue weighted by Crippen LogP contribution is -2.50. The minimum atomic E-state index is -0.239. The molecule has 0 saturated heterocycles. The third kappa shape index (κ3) is 3.36. The highest BCUT2D eigenvalue weighted by atomic mass is 19.1. The molecule has 1 aromatic carbocycles. The van der Waals surface area contributed by atoms with Crippen molar-refractivity contribution >= 4 is 11.7 Å². The molecule has 1 aliphatic heterocycles. The van der Waals surface area contributed by atoms with Gasteiger partial charge in [-0.1, -0.05) is 46.2 Å². The van der Waals surface area contributed by atoms with Crippen molar-refractivity contribution in [3.8, 4) is 0 Å². The molecule has 0 radical (unpaired) electrons. The van der Waals surface area contributed by atoms with Gasteiger partial charge in [-0.2, -0.15) is 5.10 Å². The fourth-order valence-corrected chi connectivity index (χ4v) is 5.92. The molecular weight excluding hydrogens is 365 g/mol. The van der Waals surface area contributed by atoms with Gasteiger partial charge in [-0.25, -0.2) is 14.2 Å². The first-order chi connectivity index (χ1) is 13.8. The number of carbonyl (C=O) groups is 1. The van der Waals surface area contributed by atoms with Gasteiger partial charge in [-0.15, -0.1) is 0 Å². The van der Waals surface area contributed by atoms with E-state index >= 15 is 0 Å². The van der Waals surface area contributed by atoms with Crippen molar-refractivity contribution in [2.45, 2.75) is 78.2 Å². The third-order valence-corrected chi connectivity index (χ3v) is 8.37. The predicted octanol–water partition coefficient (Wildman–Crippen LogP) is 5.70. The summed E-state index contributed by atoms with van der Waals surface area (Å²) >= 11 is 0. The second-order valence-electron chi connectivity index (χ2n) is 10.00. The largest absolute Gasteiger partial charge is 0.338 e. The molecule has 158 valence electrons. The second kappa shape index (κ2) is 7.41. The maximum Gasteiger partial charge on any atom is 0.338 e. The van der Waals surface area contributed by atoms with Crippen LogP contribution in [0.3, 0.4) is 0 Å². The molecule has 5 heteroatoms. The van der Waals surface area contributed by atoms with E-state index in [0.29, 0.717) is 12.5 Å². The molecule has 2 fully saturated rings. The highest BCUT2D eigenvalue weighted by molar-refractivity contribution is 5.94. The van der Waals surface area contributed by atoms with E-state index in [2.05, 4.69) is 33.0 Å². The van der Waals surface area contributed by atoms with Crippen LogP contribution in [0.1, 0.15) is 77.7 Å². The monoisotopic (exact) mass is 399 g/mol. The van der Waals surface area contributed by atoms with E-state index in [0.717, 1.165) is 37.0 Å². The smallest absolute Gasteiger partial charge is 0.333 e. The highest BCUT2D eigenvalue weighted by Gasteiger charge is 2.61. The summed E-state index contributed by atoms with van der Waals surface area (Å²) in [6.07, 6.45) is 6.43. The molecule has 29 heavy (non-hydrogen) atoms. The van der Waals surface area contributed by atoms with Crippen molar-refractivity contribution in [1.82, 2.24) is 10.3 Å². The number of fused-ring (bicyclic) bond motifs is 2. The normalized spacial score (nSPS) is 32.5. The van der Waals surface area contributed by atoms with E-state index in [4.69, 9.17) is 5.10 Å². The van der Waals surface area contributed by atoms with Gasteiger partial charge in [0, 0.05) is 17.7 Å². The fraction of sp³-hybridized carbons (Fsp3) is 0.667. The van der Waals surface area contributed by atoms with E-state index in [1.54, 1.807) is 17.1 Å². The molecule has 2 amide bonds. The lowest BCUT2D eigenvalue weighted by Gasteiger charge is -2.39. The van der Waals surface area contributed by atoms with Crippen molar-refractivity contribution < 1.29 is 9.18 Å². The molecule has 1 N–H and O–H groups in total. The molecule has 3 aliphatic rings. The van der Waals surface area contributed by atoms with E-state index in [1.807, 2.05) is 6.07 Å². The first-order valence-corrected chi connectivity index (χ1v) is 11.2. The Balaban J connectivity index is 1.50. The Morgan fingerprint density at radius 2 is 2.14 bits per heavy atom. The van der Waals surface area contributed by atoms with Gasteiger partial charge in [0.1, 0.15) is 5.82 Å². The maximum absolute atomic E-state index is 13.8. The first-order valence-electron chi connectivity index (χ1n) is 11.2. The van der Waals surface area contributed by atoms with Crippen LogP contribution in [-0.4, -0.2) is 29.3 Å². The molecule has 0 spiro atoms. The Morgan fingerprint density at radius 1 is 1.34 bits per heavy atom. The number of unbranched alkanes of at least 4 members (excludes halogenated alkanes) is 1. The van der Waals surface area contributed by atoms with Crippen molar-refractivity contribution in [2.75, 3.05) is 6.54 Å².